The van der Waals surface area contributed by atoms with Crippen LogP contribution in [0.1, 0.15) is 17.4 Å². The highest BCUT2D eigenvalue weighted by Crippen LogP contribution is 2.18. The minimum absolute atomic E-state index is 0.647. The zero-order chi connectivity index (χ0) is 12.1. The molecule has 0 atom stereocenters. The van der Waals surface area contributed by atoms with Crippen LogP contribution in [0.5, 0.6) is 5.88 Å². The predicted octanol–water partition coefficient (Wildman–Crippen LogP) is 3.46. The normalized spacial score (nSPS) is 10.2. The van der Waals surface area contributed by atoms with Crippen LogP contribution in [0.2, 0.25) is 0 Å². The number of aromatic nitrogens is 1. The second-order valence-corrected chi connectivity index (χ2v) is 4.70. The van der Waals surface area contributed by atoms with Crippen LogP contribution in [0.3, 0.4) is 0 Å². The molecule has 0 unspecified atom stereocenters. The molecule has 0 radical (unpaired) electrons. The molecule has 0 spiro atoms. The van der Waals surface area contributed by atoms with Gasteiger partial charge in [0, 0.05) is 17.5 Å². The largest absolute Gasteiger partial charge is 0.478 e. The van der Waals surface area contributed by atoms with Crippen molar-refractivity contribution in [3.05, 3.63) is 40.2 Å². The lowest BCUT2D eigenvalue weighted by atomic mass is 10.3. The molecule has 2 aromatic heterocycles. The lowest BCUT2D eigenvalue weighted by Gasteiger charge is -2.06. The summed E-state index contributed by atoms with van der Waals surface area (Å²) in [5.74, 6) is 0.672. The van der Waals surface area contributed by atoms with E-state index in [0.29, 0.717) is 12.5 Å². The quantitative estimate of drug-likeness (QED) is 0.879. The smallest absolute Gasteiger partial charge is 0.213 e. The summed E-state index contributed by atoms with van der Waals surface area (Å²) in [6.45, 7) is 5.57. The number of anilines is 1. The number of rotatable bonds is 5. The topological polar surface area (TPSA) is 34.1 Å². The molecule has 4 heteroatoms. The summed E-state index contributed by atoms with van der Waals surface area (Å²) in [6, 6.07) is 6.01. The number of hydrogen-bond acceptors (Lipinski definition) is 4. The van der Waals surface area contributed by atoms with Crippen molar-refractivity contribution in [1.82, 2.24) is 4.98 Å². The van der Waals surface area contributed by atoms with Crippen LogP contribution in [0.25, 0.3) is 0 Å². The van der Waals surface area contributed by atoms with Crippen LogP contribution >= 0.6 is 11.3 Å². The summed E-state index contributed by atoms with van der Waals surface area (Å²) in [5.41, 5.74) is 2.35. The van der Waals surface area contributed by atoms with Crippen LogP contribution in [0.15, 0.2) is 29.8 Å². The third-order valence-electron chi connectivity index (χ3n) is 2.45. The van der Waals surface area contributed by atoms with Gasteiger partial charge in [0.15, 0.2) is 0 Å². The molecule has 2 rings (SSSR count). The van der Waals surface area contributed by atoms with Crippen molar-refractivity contribution in [2.45, 2.75) is 20.4 Å². The molecular weight excluding hydrogens is 232 g/mol. The van der Waals surface area contributed by atoms with Crippen molar-refractivity contribution in [3.8, 4) is 5.88 Å². The summed E-state index contributed by atoms with van der Waals surface area (Å²) in [4.78, 5) is 5.57. The highest BCUT2D eigenvalue weighted by atomic mass is 32.1. The zero-order valence-corrected chi connectivity index (χ0v) is 10.9. The summed E-state index contributed by atoms with van der Waals surface area (Å²) >= 11 is 1.77. The number of pyridine rings is 1. The monoisotopic (exact) mass is 248 g/mol. The van der Waals surface area contributed by atoms with Crippen molar-refractivity contribution >= 4 is 17.0 Å². The van der Waals surface area contributed by atoms with Crippen molar-refractivity contribution in [2.24, 2.45) is 0 Å². The summed E-state index contributed by atoms with van der Waals surface area (Å²) < 4.78 is 5.29. The zero-order valence-electron chi connectivity index (χ0n) is 10.1. The first-order valence-corrected chi connectivity index (χ1v) is 6.53. The average Bonchev–Trinajstić information content (AvgIpc) is 2.75. The van der Waals surface area contributed by atoms with Gasteiger partial charge in [0.05, 0.1) is 18.5 Å². The Morgan fingerprint density at radius 3 is 2.82 bits per heavy atom. The molecule has 2 heterocycles. The standard InChI is InChI=1S/C13H16N2OS/c1-3-16-13-5-4-11(8-15-13)14-9-12-10(2)6-7-17-12/h4-8,14H,3,9H2,1-2H3. The molecule has 17 heavy (non-hydrogen) atoms. The van der Waals surface area contributed by atoms with E-state index < -0.39 is 0 Å². The van der Waals surface area contributed by atoms with Crippen molar-refractivity contribution in [2.75, 3.05) is 11.9 Å². The van der Waals surface area contributed by atoms with Crippen LogP contribution in [-0.4, -0.2) is 11.6 Å². The minimum Gasteiger partial charge on any atom is -0.478 e. The van der Waals surface area contributed by atoms with Crippen LogP contribution in [-0.2, 0) is 6.54 Å². The molecule has 0 bridgehead atoms. The number of thiophene rings is 1. The molecule has 0 saturated carbocycles. The SMILES string of the molecule is CCOc1ccc(NCc2sccc2C)cn1. The van der Waals surface area contributed by atoms with Crippen LogP contribution in [0, 0.1) is 6.92 Å². The predicted molar refractivity (Wildman–Crippen MR) is 71.8 cm³/mol. The molecule has 1 N–H and O–H groups in total. The lowest BCUT2D eigenvalue weighted by Crippen LogP contribution is -2.00. The van der Waals surface area contributed by atoms with E-state index in [1.165, 1.54) is 10.4 Å². The fraction of sp³-hybridized carbons (Fsp3) is 0.308. The highest BCUT2D eigenvalue weighted by molar-refractivity contribution is 7.10. The van der Waals surface area contributed by atoms with Gasteiger partial charge in [0.1, 0.15) is 0 Å². The molecule has 90 valence electrons. The van der Waals surface area contributed by atoms with E-state index in [1.807, 2.05) is 19.1 Å². The molecule has 0 saturated heterocycles. The molecule has 0 aliphatic heterocycles. The highest BCUT2D eigenvalue weighted by Gasteiger charge is 2.00. The van der Waals surface area contributed by atoms with Gasteiger partial charge in [-0.1, -0.05) is 0 Å². The van der Waals surface area contributed by atoms with Gasteiger partial charge in [-0.15, -0.1) is 11.3 Å². The Hall–Kier alpha value is -1.55. The lowest BCUT2D eigenvalue weighted by molar-refractivity contribution is 0.327. The molecule has 2 aromatic rings. The van der Waals surface area contributed by atoms with Gasteiger partial charge in [-0.25, -0.2) is 4.98 Å². The molecule has 0 aromatic carbocycles. The Balaban J connectivity index is 1.93. The first-order chi connectivity index (χ1) is 8.29. The maximum atomic E-state index is 5.29. The van der Waals surface area contributed by atoms with Crippen LogP contribution in [0.4, 0.5) is 5.69 Å². The molecule has 0 fully saturated rings. The fourth-order valence-electron chi connectivity index (χ4n) is 1.49. The van der Waals surface area contributed by atoms with Crippen molar-refractivity contribution in [3.63, 3.8) is 0 Å². The van der Waals surface area contributed by atoms with E-state index in [2.05, 4.69) is 28.7 Å². The van der Waals surface area contributed by atoms with Crippen LogP contribution < -0.4 is 10.1 Å². The Kier molecular flexibility index (Phi) is 3.98. The van der Waals surface area contributed by atoms with E-state index in [9.17, 15) is 0 Å². The van der Waals surface area contributed by atoms with Gasteiger partial charge in [-0.3, -0.25) is 0 Å². The number of nitrogens with zero attached hydrogens (tertiary/aromatic N) is 1. The average molecular weight is 248 g/mol. The van der Waals surface area contributed by atoms with E-state index >= 15 is 0 Å². The van der Waals surface area contributed by atoms with Gasteiger partial charge < -0.3 is 10.1 Å². The Bertz CT molecular complexity index is 465. The van der Waals surface area contributed by atoms with Crippen molar-refractivity contribution in [1.29, 1.82) is 0 Å². The summed E-state index contributed by atoms with van der Waals surface area (Å²) in [7, 11) is 0. The maximum absolute atomic E-state index is 5.29. The number of nitrogens with one attached hydrogen (secondary N) is 1. The van der Waals surface area contributed by atoms with Gasteiger partial charge in [-0.05, 0) is 36.9 Å². The number of hydrogen-bond donors (Lipinski definition) is 1. The summed E-state index contributed by atoms with van der Waals surface area (Å²) in [5, 5.41) is 5.46. The fourth-order valence-corrected chi connectivity index (χ4v) is 2.33. The Morgan fingerprint density at radius 1 is 1.35 bits per heavy atom. The van der Waals surface area contributed by atoms with Gasteiger partial charge in [0.2, 0.25) is 5.88 Å². The van der Waals surface area contributed by atoms with Gasteiger partial charge >= 0.3 is 0 Å². The first-order valence-electron chi connectivity index (χ1n) is 5.65. The minimum atomic E-state index is 0.647. The molecule has 0 aliphatic carbocycles. The third kappa shape index (κ3) is 3.20. The van der Waals surface area contributed by atoms with E-state index in [4.69, 9.17) is 4.74 Å². The second-order valence-electron chi connectivity index (χ2n) is 3.70. The maximum Gasteiger partial charge on any atom is 0.213 e. The van der Waals surface area contributed by atoms with E-state index in [0.717, 1.165) is 12.2 Å². The molecule has 0 aliphatic rings. The number of aryl methyl sites for hydroxylation is 1. The number of ether oxygens (including phenoxy) is 1. The van der Waals surface area contributed by atoms with E-state index in [1.54, 1.807) is 17.5 Å². The van der Waals surface area contributed by atoms with E-state index in [-0.39, 0.29) is 0 Å². The van der Waals surface area contributed by atoms with Gasteiger partial charge in [0.25, 0.3) is 0 Å². The molecular formula is C13H16N2OS. The Labute approximate surface area is 105 Å². The van der Waals surface area contributed by atoms with Gasteiger partial charge in [-0.2, -0.15) is 0 Å². The molecule has 0 amide bonds. The Morgan fingerprint density at radius 2 is 2.24 bits per heavy atom. The second kappa shape index (κ2) is 5.68. The summed E-state index contributed by atoms with van der Waals surface area (Å²) in [6.07, 6.45) is 1.80. The first kappa shape index (κ1) is 11.9. The molecule has 3 nitrogen and oxygen atoms in total. The van der Waals surface area contributed by atoms with Crippen molar-refractivity contribution < 1.29 is 4.74 Å². The third-order valence-corrected chi connectivity index (χ3v) is 3.47.